The van der Waals surface area contributed by atoms with Crippen LogP contribution in [0, 0.1) is 10.1 Å². The normalized spacial score (nSPS) is 11.7. The second kappa shape index (κ2) is 6.72. The van der Waals surface area contributed by atoms with Gasteiger partial charge in [0, 0.05) is 19.2 Å². The lowest BCUT2D eigenvalue weighted by Gasteiger charge is -2.21. The molecule has 0 radical (unpaired) electrons. The number of rotatable bonds is 5. The first-order valence-electron chi connectivity index (χ1n) is 6.20. The zero-order chi connectivity index (χ0) is 14.4. The number of para-hydroxylation sites is 1. The maximum Gasteiger partial charge on any atom is 0.410 e. The van der Waals surface area contributed by atoms with Gasteiger partial charge in [0.05, 0.1) is 10.5 Å². The van der Waals surface area contributed by atoms with E-state index in [0.717, 1.165) is 0 Å². The second-order valence-electron chi connectivity index (χ2n) is 4.01. The Kier molecular flexibility index (Phi) is 5.29. The smallest absolute Gasteiger partial charge is 0.410 e. The molecule has 0 N–H and O–H groups in total. The van der Waals surface area contributed by atoms with Gasteiger partial charge in [-0.3, -0.25) is 10.1 Å². The average molecular weight is 266 g/mol. The van der Waals surface area contributed by atoms with Crippen LogP contribution < -0.4 is 0 Å². The summed E-state index contributed by atoms with van der Waals surface area (Å²) in [6.45, 7) is 6.41. The molecule has 19 heavy (non-hydrogen) atoms. The van der Waals surface area contributed by atoms with Crippen molar-refractivity contribution >= 4 is 11.8 Å². The summed E-state index contributed by atoms with van der Waals surface area (Å²) in [5.41, 5.74) is 0.357. The number of carbonyl (C=O) groups is 1. The molecule has 0 saturated carbocycles. The molecule has 1 aromatic rings. The quantitative estimate of drug-likeness (QED) is 0.606. The Morgan fingerprint density at radius 1 is 1.37 bits per heavy atom. The molecule has 0 aliphatic carbocycles. The van der Waals surface area contributed by atoms with E-state index in [9.17, 15) is 14.9 Å². The van der Waals surface area contributed by atoms with Crippen LogP contribution in [0.1, 0.15) is 32.4 Å². The minimum atomic E-state index is -0.658. The molecule has 0 saturated heterocycles. The van der Waals surface area contributed by atoms with Gasteiger partial charge in [-0.2, -0.15) is 0 Å². The van der Waals surface area contributed by atoms with Crippen LogP contribution in [-0.4, -0.2) is 29.0 Å². The fourth-order valence-electron chi connectivity index (χ4n) is 1.77. The van der Waals surface area contributed by atoms with Gasteiger partial charge in [0.15, 0.2) is 0 Å². The molecule has 1 amide bonds. The van der Waals surface area contributed by atoms with Crippen LogP contribution in [0.3, 0.4) is 0 Å². The lowest BCUT2D eigenvalue weighted by atomic mass is 10.1. The zero-order valence-corrected chi connectivity index (χ0v) is 11.3. The second-order valence-corrected chi connectivity index (χ2v) is 4.01. The van der Waals surface area contributed by atoms with Crippen molar-refractivity contribution in [2.45, 2.75) is 26.9 Å². The standard InChI is InChI=1S/C13H18N2O4/c1-4-14(5-2)13(16)19-10(3)11-8-6-7-9-12(11)15(17)18/h6-10H,4-5H2,1-3H3. The molecule has 0 aliphatic rings. The predicted molar refractivity (Wildman–Crippen MR) is 70.9 cm³/mol. The van der Waals surface area contributed by atoms with Crippen LogP contribution in [-0.2, 0) is 4.74 Å². The van der Waals surface area contributed by atoms with E-state index in [4.69, 9.17) is 4.74 Å². The maximum absolute atomic E-state index is 11.8. The first kappa shape index (κ1) is 14.9. The summed E-state index contributed by atoms with van der Waals surface area (Å²) < 4.78 is 5.25. The largest absolute Gasteiger partial charge is 0.441 e. The monoisotopic (exact) mass is 266 g/mol. The highest BCUT2D eigenvalue weighted by Gasteiger charge is 2.22. The molecule has 1 atom stereocenters. The number of hydrogen-bond acceptors (Lipinski definition) is 4. The number of benzene rings is 1. The van der Waals surface area contributed by atoms with Gasteiger partial charge in [-0.15, -0.1) is 0 Å². The fourth-order valence-corrected chi connectivity index (χ4v) is 1.77. The number of nitro benzene ring substituents is 1. The minimum absolute atomic E-state index is 0.0395. The number of amides is 1. The number of hydrogen-bond donors (Lipinski definition) is 0. The van der Waals surface area contributed by atoms with Crippen molar-refractivity contribution < 1.29 is 14.5 Å². The summed E-state index contributed by atoms with van der Waals surface area (Å²) in [5, 5.41) is 10.9. The van der Waals surface area contributed by atoms with E-state index in [-0.39, 0.29) is 5.69 Å². The van der Waals surface area contributed by atoms with Gasteiger partial charge in [-0.05, 0) is 26.8 Å². The van der Waals surface area contributed by atoms with Crippen molar-refractivity contribution in [3.05, 3.63) is 39.9 Å². The fraction of sp³-hybridized carbons (Fsp3) is 0.462. The Morgan fingerprint density at radius 2 is 1.95 bits per heavy atom. The molecule has 1 rings (SSSR count). The maximum atomic E-state index is 11.8. The summed E-state index contributed by atoms with van der Waals surface area (Å²) in [7, 11) is 0. The molecule has 6 heteroatoms. The summed E-state index contributed by atoms with van der Waals surface area (Å²) >= 11 is 0. The summed E-state index contributed by atoms with van der Waals surface area (Å²) in [6.07, 6.45) is -1.12. The van der Waals surface area contributed by atoms with Crippen molar-refractivity contribution in [1.82, 2.24) is 4.90 Å². The van der Waals surface area contributed by atoms with Crippen molar-refractivity contribution in [2.75, 3.05) is 13.1 Å². The van der Waals surface area contributed by atoms with Crippen LogP contribution in [0.5, 0.6) is 0 Å². The Bertz CT molecular complexity index is 458. The van der Waals surface area contributed by atoms with Crippen LogP contribution in [0.15, 0.2) is 24.3 Å². The summed E-state index contributed by atoms with van der Waals surface area (Å²) in [5.74, 6) is 0. The topological polar surface area (TPSA) is 72.7 Å². The third-order valence-electron chi connectivity index (χ3n) is 2.87. The van der Waals surface area contributed by atoms with Crippen LogP contribution in [0.4, 0.5) is 10.5 Å². The van der Waals surface area contributed by atoms with E-state index in [2.05, 4.69) is 0 Å². The van der Waals surface area contributed by atoms with Gasteiger partial charge in [-0.1, -0.05) is 12.1 Å². The van der Waals surface area contributed by atoms with Crippen LogP contribution in [0.2, 0.25) is 0 Å². The Morgan fingerprint density at radius 3 is 2.47 bits per heavy atom. The van der Waals surface area contributed by atoms with E-state index >= 15 is 0 Å². The first-order valence-corrected chi connectivity index (χ1v) is 6.20. The highest BCUT2D eigenvalue weighted by Crippen LogP contribution is 2.27. The van der Waals surface area contributed by atoms with Crippen molar-refractivity contribution in [1.29, 1.82) is 0 Å². The van der Waals surface area contributed by atoms with Gasteiger partial charge in [0.1, 0.15) is 6.10 Å². The Labute approximate surface area is 112 Å². The molecule has 0 fully saturated rings. The van der Waals surface area contributed by atoms with E-state index < -0.39 is 17.1 Å². The van der Waals surface area contributed by atoms with Gasteiger partial charge in [0.2, 0.25) is 0 Å². The number of nitrogens with zero attached hydrogens (tertiary/aromatic N) is 2. The minimum Gasteiger partial charge on any atom is -0.441 e. The molecular weight excluding hydrogens is 248 g/mol. The number of ether oxygens (including phenoxy) is 1. The highest BCUT2D eigenvalue weighted by molar-refractivity contribution is 5.68. The average Bonchev–Trinajstić information content (AvgIpc) is 2.40. The highest BCUT2D eigenvalue weighted by atomic mass is 16.6. The summed E-state index contributed by atoms with van der Waals surface area (Å²) in [6, 6.07) is 6.26. The molecule has 6 nitrogen and oxygen atoms in total. The van der Waals surface area contributed by atoms with Crippen molar-refractivity contribution in [3.8, 4) is 0 Å². The number of nitro groups is 1. The van der Waals surface area contributed by atoms with Gasteiger partial charge >= 0.3 is 6.09 Å². The molecular formula is C13H18N2O4. The third-order valence-corrected chi connectivity index (χ3v) is 2.87. The summed E-state index contributed by atoms with van der Waals surface area (Å²) in [4.78, 5) is 23.8. The lowest BCUT2D eigenvalue weighted by Crippen LogP contribution is -2.31. The first-order chi connectivity index (χ1) is 9.01. The molecule has 0 aromatic heterocycles. The van der Waals surface area contributed by atoms with Crippen molar-refractivity contribution in [3.63, 3.8) is 0 Å². The number of carbonyl (C=O) groups excluding carboxylic acids is 1. The van der Waals surface area contributed by atoms with E-state index in [0.29, 0.717) is 18.7 Å². The molecule has 0 aliphatic heterocycles. The van der Waals surface area contributed by atoms with Crippen LogP contribution in [0.25, 0.3) is 0 Å². The lowest BCUT2D eigenvalue weighted by molar-refractivity contribution is -0.386. The molecule has 0 bridgehead atoms. The molecule has 0 heterocycles. The SMILES string of the molecule is CCN(CC)C(=O)OC(C)c1ccccc1[N+](=O)[O-]. The van der Waals surface area contributed by atoms with Gasteiger partial charge < -0.3 is 9.64 Å². The third kappa shape index (κ3) is 3.67. The van der Waals surface area contributed by atoms with Crippen molar-refractivity contribution in [2.24, 2.45) is 0 Å². The van der Waals surface area contributed by atoms with E-state index in [1.165, 1.54) is 11.0 Å². The Hall–Kier alpha value is -2.11. The van der Waals surface area contributed by atoms with E-state index in [1.807, 2.05) is 13.8 Å². The van der Waals surface area contributed by atoms with Gasteiger partial charge in [0.25, 0.3) is 5.69 Å². The molecule has 1 unspecified atom stereocenters. The molecule has 104 valence electrons. The Balaban J connectivity index is 2.87. The van der Waals surface area contributed by atoms with Crippen LogP contribution >= 0.6 is 0 Å². The molecule has 1 aromatic carbocycles. The van der Waals surface area contributed by atoms with Gasteiger partial charge in [-0.25, -0.2) is 4.79 Å². The zero-order valence-electron chi connectivity index (χ0n) is 11.3. The molecule has 0 spiro atoms. The van der Waals surface area contributed by atoms with E-state index in [1.54, 1.807) is 25.1 Å². The predicted octanol–water partition coefficient (Wildman–Crippen LogP) is 3.13.